The molecule has 1 aliphatic rings. The normalized spacial score (nSPS) is 14.3. The van der Waals surface area contributed by atoms with Gasteiger partial charge < -0.3 is 23.4 Å². The highest BCUT2D eigenvalue weighted by Crippen LogP contribution is 2.40. The summed E-state index contributed by atoms with van der Waals surface area (Å²) in [5, 5.41) is 0. The van der Waals surface area contributed by atoms with Gasteiger partial charge in [-0.25, -0.2) is 4.79 Å². The van der Waals surface area contributed by atoms with Gasteiger partial charge in [0.1, 0.15) is 15.8 Å². The number of hydrogen-bond acceptors (Lipinski definition) is 9. The van der Waals surface area contributed by atoms with Crippen molar-refractivity contribution in [3.8, 4) is 28.6 Å². The lowest BCUT2D eigenvalue weighted by Crippen LogP contribution is -2.27. The van der Waals surface area contributed by atoms with Gasteiger partial charge in [-0.05, 0) is 42.0 Å². The first-order chi connectivity index (χ1) is 17.4. The molecule has 2 heterocycles. The highest BCUT2D eigenvalue weighted by atomic mass is 32.2. The number of benzene rings is 2. The van der Waals surface area contributed by atoms with Crippen molar-refractivity contribution in [2.75, 3.05) is 28.4 Å². The highest BCUT2D eigenvalue weighted by molar-refractivity contribution is 8.26. The van der Waals surface area contributed by atoms with Crippen molar-refractivity contribution >= 4 is 46.3 Å². The van der Waals surface area contributed by atoms with Crippen molar-refractivity contribution in [2.45, 2.75) is 6.54 Å². The number of thiocarbonyl (C=S) groups is 1. The molecule has 1 saturated heterocycles. The molecule has 1 aromatic heterocycles. The van der Waals surface area contributed by atoms with E-state index in [-0.39, 0.29) is 12.5 Å². The fraction of sp³-hybridized carbons (Fsp3) is 0.192. The van der Waals surface area contributed by atoms with Crippen molar-refractivity contribution in [2.24, 2.45) is 0 Å². The maximum absolute atomic E-state index is 13.1. The summed E-state index contributed by atoms with van der Waals surface area (Å²) in [6, 6.07) is 14.0. The van der Waals surface area contributed by atoms with Crippen molar-refractivity contribution < 1.29 is 33.0 Å². The summed E-state index contributed by atoms with van der Waals surface area (Å²) in [4.78, 5) is 26.7. The maximum atomic E-state index is 13.1. The topological polar surface area (TPSA) is 87.4 Å². The minimum absolute atomic E-state index is 0.223. The van der Waals surface area contributed by atoms with Crippen LogP contribution in [0.5, 0.6) is 17.2 Å². The van der Waals surface area contributed by atoms with Crippen LogP contribution in [-0.2, 0) is 16.1 Å². The van der Waals surface area contributed by atoms with E-state index in [1.165, 1.54) is 45.1 Å². The Labute approximate surface area is 217 Å². The zero-order valence-corrected chi connectivity index (χ0v) is 21.7. The first kappa shape index (κ1) is 25.3. The smallest absolute Gasteiger partial charge is 0.337 e. The molecule has 3 aromatic rings. The Morgan fingerprint density at radius 3 is 2.25 bits per heavy atom. The molecular weight excluding hydrogens is 502 g/mol. The molecule has 0 radical (unpaired) electrons. The van der Waals surface area contributed by atoms with Gasteiger partial charge in [0.2, 0.25) is 5.75 Å². The lowest BCUT2D eigenvalue weighted by Gasteiger charge is -2.18. The largest absolute Gasteiger partial charge is 0.493 e. The van der Waals surface area contributed by atoms with Gasteiger partial charge in [0.05, 0.1) is 45.5 Å². The van der Waals surface area contributed by atoms with Gasteiger partial charge >= 0.3 is 5.97 Å². The summed E-state index contributed by atoms with van der Waals surface area (Å²) in [6.07, 6.45) is 1.67. The van der Waals surface area contributed by atoms with Crippen LogP contribution in [0.2, 0.25) is 0 Å². The number of carbonyl (C=O) groups is 2. The van der Waals surface area contributed by atoms with Crippen LogP contribution >= 0.6 is 24.0 Å². The molecule has 36 heavy (non-hydrogen) atoms. The molecule has 1 fully saturated rings. The molecule has 0 unspecified atom stereocenters. The Morgan fingerprint density at radius 2 is 1.67 bits per heavy atom. The third kappa shape index (κ3) is 5.09. The van der Waals surface area contributed by atoms with Gasteiger partial charge in [0, 0.05) is 11.6 Å². The van der Waals surface area contributed by atoms with E-state index in [1.54, 1.807) is 54.6 Å². The second-order valence-corrected chi connectivity index (χ2v) is 9.25. The molecule has 10 heteroatoms. The number of ether oxygens (including phenoxy) is 4. The molecule has 8 nitrogen and oxygen atoms in total. The summed E-state index contributed by atoms with van der Waals surface area (Å²) in [5.41, 5.74) is 2.01. The number of hydrogen-bond donors (Lipinski definition) is 0. The van der Waals surface area contributed by atoms with Crippen molar-refractivity contribution in [3.05, 3.63) is 70.3 Å². The van der Waals surface area contributed by atoms with E-state index in [0.29, 0.717) is 43.6 Å². The van der Waals surface area contributed by atoms with E-state index in [1.807, 2.05) is 0 Å². The summed E-state index contributed by atoms with van der Waals surface area (Å²) in [5.74, 6) is 1.95. The van der Waals surface area contributed by atoms with E-state index in [9.17, 15) is 9.59 Å². The summed E-state index contributed by atoms with van der Waals surface area (Å²) in [7, 11) is 5.94. The van der Waals surface area contributed by atoms with Gasteiger partial charge in [-0.15, -0.1) is 0 Å². The lowest BCUT2D eigenvalue weighted by atomic mass is 10.1. The second-order valence-electron chi connectivity index (χ2n) is 7.57. The van der Waals surface area contributed by atoms with Gasteiger partial charge in [-0.3, -0.25) is 9.69 Å². The Balaban J connectivity index is 1.52. The van der Waals surface area contributed by atoms with Crippen molar-refractivity contribution in [1.29, 1.82) is 0 Å². The summed E-state index contributed by atoms with van der Waals surface area (Å²) < 4.78 is 27.2. The van der Waals surface area contributed by atoms with Gasteiger partial charge in [-0.2, -0.15) is 0 Å². The number of methoxy groups -OCH3 is 4. The van der Waals surface area contributed by atoms with Crippen LogP contribution in [0.1, 0.15) is 21.7 Å². The van der Waals surface area contributed by atoms with E-state index >= 15 is 0 Å². The van der Waals surface area contributed by atoms with Crippen LogP contribution in [0.25, 0.3) is 17.4 Å². The van der Waals surface area contributed by atoms with Crippen LogP contribution in [0.4, 0.5) is 0 Å². The molecule has 1 amide bonds. The average Bonchev–Trinajstić information content (AvgIpc) is 3.47. The fourth-order valence-corrected chi connectivity index (χ4v) is 4.88. The van der Waals surface area contributed by atoms with Crippen molar-refractivity contribution in [1.82, 2.24) is 4.90 Å². The number of esters is 1. The van der Waals surface area contributed by atoms with Gasteiger partial charge in [0.25, 0.3) is 5.91 Å². The Kier molecular flexibility index (Phi) is 7.66. The highest BCUT2D eigenvalue weighted by Gasteiger charge is 2.33. The predicted octanol–water partition coefficient (Wildman–Crippen LogP) is 5.16. The first-order valence-electron chi connectivity index (χ1n) is 10.7. The molecule has 1 aliphatic heterocycles. The van der Waals surface area contributed by atoms with E-state index < -0.39 is 5.97 Å². The van der Waals surface area contributed by atoms with E-state index in [0.717, 1.165) is 11.1 Å². The van der Waals surface area contributed by atoms with Crippen LogP contribution in [0, 0.1) is 0 Å². The molecule has 2 aromatic carbocycles. The monoisotopic (exact) mass is 525 g/mol. The standard InChI is InChI=1S/C26H23NO7S2/c1-30-20-11-15(12-21(31-2)23(20)32-3)14-27-24(28)22(36-26(27)35)13-18-9-10-19(34-18)16-5-7-17(8-6-16)25(29)33-4/h5-13H,14H2,1-4H3/b22-13+. The molecule has 0 spiro atoms. The summed E-state index contributed by atoms with van der Waals surface area (Å²) >= 11 is 6.68. The minimum Gasteiger partial charge on any atom is -0.493 e. The molecule has 186 valence electrons. The maximum Gasteiger partial charge on any atom is 0.337 e. The van der Waals surface area contributed by atoms with Gasteiger partial charge in [0.15, 0.2) is 11.5 Å². The molecule has 4 rings (SSSR count). The lowest BCUT2D eigenvalue weighted by molar-refractivity contribution is -0.122. The summed E-state index contributed by atoms with van der Waals surface area (Å²) in [6.45, 7) is 0.245. The third-order valence-electron chi connectivity index (χ3n) is 5.43. The molecular formula is C26H23NO7S2. The van der Waals surface area contributed by atoms with Crippen molar-refractivity contribution in [3.63, 3.8) is 0 Å². The van der Waals surface area contributed by atoms with Gasteiger partial charge in [-0.1, -0.05) is 36.1 Å². The van der Waals surface area contributed by atoms with Crippen LogP contribution in [0.3, 0.4) is 0 Å². The Bertz CT molecular complexity index is 1320. The quantitative estimate of drug-likeness (QED) is 0.225. The molecule has 0 aliphatic carbocycles. The van der Waals surface area contributed by atoms with Crippen LogP contribution in [0.15, 0.2) is 57.9 Å². The zero-order chi connectivity index (χ0) is 25.8. The number of thioether (sulfide) groups is 1. The average molecular weight is 526 g/mol. The number of carbonyl (C=O) groups excluding carboxylic acids is 2. The molecule has 0 bridgehead atoms. The Hall–Kier alpha value is -3.76. The number of rotatable bonds is 8. The second kappa shape index (κ2) is 10.9. The SMILES string of the molecule is COC(=O)c1ccc(-c2ccc(/C=C3/SC(=S)N(Cc4cc(OC)c(OC)c(OC)c4)C3=O)o2)cc1. The third-order valence-corrected chi connectivity index (χ3v) is 6.81. The first-order valence-corrected chi connectivity index (χ1v) is 11.9. The van der Waals surface area contributed by atoms with E-state index in [4.69, 9.17) is 35.6 Å². The zero-order valence-electron chi connectivity index (χ0n) is 20.0. The number of nitrogens with zero attached hydrogens (tertiary/aromatic N) is 1. The fourth-order valence-electron chi connectivity index (χ4n) is 3.65. The van der Waals surface area contributed by atoms with Crippen LogP contribution < -0.4 is 14.2 Å². The molecule has 0 atom stereocenters. The van der Waals surface area contributed by atoms with E-state index in [2.05, 4.69) is 0 Å². The minimum atomic E-state index is -0.407. The Morgan fingerprint density at radius 1 is 1.00 bits per heavy atom. The predicted molar refractivity (Wildman–Crippen MR) is 140 cm³/mol. The molecule has 0 N–H and O–H groups in total. The van der Waals surface area contributed by atoms with Crippen LogP contribution in [-0.4, -0.2) is 49.5 Å². The number of furan rings is 1. The molecule has 0 saturated carbocycles. The number of amides is 1.